The molecule has 1 saturated heterocycles. The van der Waals surface area contributed by atoms with Crippen LogP contribution in [0.2, 0.25) is 0 Å². The molecule has 3 rings (SSSR count). The summed E-state index contributed by atoms with van der Waals surface area (Å²) in [5.41, 5.74) is 2.25. The molecule has 22 heavy (non-hydrogen) atoms. The molecule has 1 aromatic heterocycles. The minimum atomic E-state index is -0.157. The third kappa shape index (κ3) is 4.17. The molecule has 1 atom stereocenters. The van der Waals surface area contributed by atoms with Crippen molar-refractivity contribution >= 4 is 0 Å². The predicted octanol–water partition coefficient (Wildman–Crippen LogP) is 3.97. The van der Waals surface area contributed by atoms with E-state index in [9.17, 15) is 4.39 Å². The minimum absolute atomic E-state index is 0.157. The Hall–Kier alpha value is -1.68. The van der Waals surface area contributed by atoms with Gasteiger partial charge in [0.15, 0.2) is 5.89 Å². The summed E-state index contributed by atoms with van der Waals surface area (Å²) in [6.45, 7) is 5.02. The van der Waals surface area contributed by atoms with Gasteiger partial charge in [0, 0.05) is 20.0 Å². The molecule has 3 nitrogen and oxygen atoms in total. The molecule has 0 saturated carbocycles. The lowest BCUT2D eigenvalue weighted by atomic mass is 9.91. The van der Waals surface area contributed by atoms with Crippen LogP contribution >= 0.6 is 0 Å². The van der Waals surface area contributed by atoms with Crippen LogP contribution in [-0.4, -0.2) is 23.0 Å². The lowest BCUT2D eigenvalue weighted by Gasteiger charge is -2.32. The molecule has 2 aromatic rings. The number of hydrogen-bond acceptors (Lipinski definition) is 3. The first kappa shape index (κ1) is 15.2. The van der Waals surface area contributed by atoms with E-state index in [1.807, 2.05) is 19.1 Å². The van der Waals surface area contributed by atoms with E-state index in [1.165, 1.54) is 24.8 Å². The Morgan fingerprint density at radius 3 is 2.86 bits per heavy atom. The second-order valence-electron chi connectivity index (χ2n) is 6.27. The van der Waals surface area contributed by atoms with Crippen LogP contribution in [0.4, 0.5) is 4.39 Å². The monoisotopic (exact) mass is 302 g/mol. The van der Waals surface area contributed by atoms with Gasteiger partial charge in [0.1, 0.15) is 12.1 Å². The number of halogens is 1. The highest BCUT2D eigenvalue weighted by atomic mass is 19.1. The SMILES string of the molecule is Cc1nc(CN2CCCC(CCc3ccc(F)cc3)C2)co1. The van der Waals surface area contributed by atoms with E-state index in [1.54, 1.807) is 18.4 Å². The predicted molar refractivity (Wildman–Crippen MR) is 84.0 cm³/mol. The molecule has 1 aromatic carbocycles. The van der Waals surface area contributed by atoms with Gasteiger partial charge in [-0.2, -0.15) is 0 Å². The van der Waals surface area contributed by atoms with Gasteiger partial charge in [-0.15, -0.1) is 0 Å². The normalized spacial score (nSPS) is 19.5. The summed E-state index contributed by atoms with van der Waals surface area (Å²) >= 11 is 0. The molecule has 1 aliphatic heterocycles. The van der Waals surface area contributed by atoms with Crippen LogP contribution in [0.15, 0.2) is 34.9 Å². The summed E-state index contributed by atoms with van der Waals surface area (Å²) < 4.78 is 18.2. The number of oxazole rings is 1. The average molecular weight is 302 g/mol. The molecular formula is C18H23FN2O. The molecule has 1 aliphatic rings. The van der Waals surface area contributed by atoms with Gasteiger partial charge in [-0.25, -0.2) is 9.37 Å². The second kappa shape index (κ2) is 7.05. The number of aromatic nitrogens is 1. The summed E-state index contributed by atoms with van der Waals surface area (Å²) in [5.74, 6) is 1.29. The Kier molecular flexibility index (Phi) is 4.88. The standard InChI is InChI=1S/C18H23FN2O/c1-14-20-18(13-22-14)12-21-10-2-3-16(11-21)5-4-15-6-8-17(19)9-7-15/h6-9,13,16H,2-5,10-12H2,1H3. The van der Waals surface area contributed by atoms with Crippen molar-refractivity contribution in [3.63, 3.8) is 0 Å². The van der Waals surface area contributed by atoms with Crippen LogP contribution < -0.4 is 0 Å². The van der Waals surface area contributed by atoms with Gasteiger partial charge in [-0.3, -0.25) is 4.90 Å². The first-order chi connectivity index (χ1) is 10.7. The molecular weight excluding hydrogens is 279 g/mol. The topological polar surface area (TPSA) is 29.3 Å². The van der Waals surface area contributed by atoms with E-state index < -0.39 is 0 Å². The molecule has 118 valence electrons. The van der Waals surface area contributed by atoms with Crippen LogP contribution in [-0.2, 0) is 13.0 Å². The Labute approximate surface area is 131 Å². The highest BCUT2D eigenvalue weighted by molar-refractivity contribution is 5.16. The molecule has 4 heteroatoms. The number of piperidine rings is 1. The average Bonchev–Trinajstić information content (AvgIpc) is 2.92. The quantitative estimate of drug-likeness (QED) is 0.837. The van der Waals surface area contributed by atoms with Crippen molar-refractivity contribution in [3.8, 4) is 0 Å². The number of aryl methyl sites for hydroxylation is 2. The lowest BCUT2D eigenvalue weighted by molar-refractivity contribution is 0.160. The summed E-state index contributed by atoms with van der Waals surface area (Å²) in [4.78, 5) is 6.86. The van der Waals surface area contributed by atoms with Gasteiger partial charge >= 0.3 is 0 Å². The van der Waals surface area contributed by atoms with E-state index >= 15 is 0 Å². The van der Waals surface area contributed by atoms with E-state index in [2.05, 4.69) is 9.88 Å². The summed E-state index contributed by atoms with van der Waals surface area (Å²) in [7, 11) is 0. The molecule has 2 heterocycles. The van der Waals surface area contributed by atoms with Crippen molar-refractivity contribution in [1.82, 2.24) is 9.88 Å². The number of hydrogen-bond donors (Lipinski definition) is 0. The molecule has 0 radical (unpaired) electrons. The smallest absolute Gasteiger partial charge is 0.191 e. The largest absolute Gasteiger partial charge is 0.449 e. The van der Waals surface area contributed by atoms with E-state index in [4.69, 9.17) is 4.42 Å². The second-order valence-corrected chi connectivity index (χ2v) is 6.27. The van der Waals surface area contributed by atoms with E-state index in [-0.39, 0.29) is 5.82 Å². The fourth-order valence-electron chi connectivity index (χ4n) is 3.26. The van der Waals surface area contributed by atoms with Crippen molar-refractivity contribution in [1.29, 1.82) is 0 Å². The highest BCUT2D eigenvalue weighted by Crippen LogP contribution is 2.23. The molecule has 0 bridgehead atoms. The first-order valence-corrected chi connectivity index (χ1v) is 8.07. The van der Waals surface area contributed by atoms with Crippen LogP contribution in [0.25, 0.3) is 0 Å². The Bertz CT molecular complexity index is 593. The molecule has 0 aliphatic carbocycles. The van der Waals surface area contributed by atoms with Gasteiger partial charge in [-0.05, 0) is 55.8 Å². The molecule has 1 unspecified atom stereocenters. The fraction of sp³-hybridized carbons (Fsp3) is 0.500. The molecule has 0 N–H and O–H groups in total. The van der Waals surface area contributed by atoms with Crippen molar-refractivity contribution in [3.05, 3.63) is 53.5 Å². The van der Waals surface area contributed by atoms with Gasteiger partial charge in [-0.1, -0.05) is 12.1 Å². The van der Waals surface area contributed by atoms with Gasteiger partial charge in [0.05, 0.1) is 5.69 Å². The Morgan fingerprint density at radius 2 is 2.14 bits per heavy atom. The van der Waals surface area contributed by atoms with Gasteiger partial charge in [0.2, 0.25) is 0 Å². The highest BCUT2D eigenvalue weighted by Gasteiger charge is 2.20. The fourth-order valence-corrected chi connectivity index (χ4v) is 3.26. The number of rotatable bonds is 5. The minimum Gasteiger partial charge on any atom is -0.449 e. The van der Waals surface area contributed by atoms with Gasteiger partial charge < -0.3 is 4.42 Å². The van der Waals surface area contributed by atoms with Crippen LogP contribution in [0.1, 0.15) is 36.4 Å². The molecule has 0 spiro atoms. The van der Waals surface area contributed by atoms with Crippen molar-refractivity contribution in [2.75, 3.05) is 13.1 Å². The Balaban J connectivity index is 1.49. The number of benzene rings is 1. The molecule has 0 amide bonds. The van der Waals surface area contributed by atoms with E-state index in [0.29, 0.717) is 5.92 Å². The Morgan fingerprint density at radius 1 is 1.32 bits per heavy atom. The zero-order valence-corrected chi connectivity index (χ0v) is 13.1. The van der Waals surface area contributed by atoms with Crippen LogP contribution in [0.5, 0.6) is 0 Å². The zero-order valence-electron chi connectivity index (χ0n) is 13.1. The van der Waals surface area contributed by atoms with E-state index in [0.717, 1.165) is 37.6 Å². The summed E-state index contributed by atoms with van der Waals surface area (Å²) in [6, 6.07) is 6.90. The third-order valence-corrected chi connectivity index (χ3v) is 4.41. The number of nitrogens with zero attached hydrogens (tertiary/aromatic N) is 2. The molecule has 1 fully saturated rings. The van der Waals surface area contributed by atoms with Crippen LogP contribution in [0.3, 0.4) is 0 Å². The first-order valence-electron chi connectivity index (χ1n) is 8.07. The maximum absolute atomic E-state index is 12.9. The van der Waals surface area contributed by atoms with Crippen molar-refractivity contribution in [2.24, 2.45) is 5.92 Å². The van der Waals surface area contributed by atoms with Crippen molar-refractivity contribution < 1.29 is 8.81 Å². The summed E-state index contributed by atoms with van der Waals surface area (Å²) in [5, 5.41) is 0. The lowest BCUT2D eigenvalue weighted by Crippen LogP contribution is -2.35. The maximum Gasteiger partial charge on any atom is 0.191 e. The summed E-state index contributed by atoms with van der Waals surface area (Å²) in [6.07, 6.45) is 6.49. The van der Waals surface area contributed by atoms with Crippen LogP contribution in [0, 0.1) is 18.7 Å². The maximum atomic E-state index is 12.9. The van der Waals surface area contributed by atoms with Crippen molar-refractivity contribution in [2.45, 2.75) is 39.2 Å². The zero-order chi connectivity index (χ0) is 15.4. The van der Waals surface area contributed by atoms with Gasteiger partial charge in [0.25, 0.3) is 0 Å². The number of likely N-dealkylation sites (tertiary alicyclic amines) is 1. The third-order valence-electron chi connectivity index (χ3n) is 4.41.